The molecule has 2 aromatic heterocycles. The number of pyridine rings is 1. The predicted molar refractivity (Wildman–Crippen MR) is 82.2 cm³/mol. The molecule has 5 heteroatoms. The molecule has 0 fully saturated rings. The van der Waals surface area contributed by atoms with Gasteiger partial charge >= 0.3 is 5.97 Å². The molecule has 3 rings (SSSR count). The van der Waals surface area contributed by atoms with E-state index in [1.165, 1.54) is 11.1 Å². The first-order chi connectivity index (χ1) is 10.3. The Hall–Kier alpha value is -2.40. The van der Waals surface area contributed by atoms with Crippen LogP contribution < -0.4 is 4.74 Å². The second-order valence-corrected chi connectivity index (χ2v) is 5.53. The van der Waals surface area contributed by atoms with Crippen LogP contribution in [0.3, 0.4) is 0 Å². The van der Waals surface area contributed by atoms with Crippen molar-refractivity contribution in [3.05, 3.63) is 58.4 Å². The summed E-state index contributed by atoms with van der Waals surface area (Å²) < 4.78 is 5.77. The highest BCUT2D eigenvalue weighted by atomic mass is 32.1. The number of fused-ring (bicyclic) bond motifs is 1. The van der Waals surface area contributed by atoms with E-state index in [1.807, 2.05) is 41.8 Å². The standard InChI is InChI=1S/C16H13NO3S/c18-16(19)13-10-17-14-6-2-1-5-12(14)15(13)20-8-7-11-4-3-9-21-11/h1-6,9-10H,7-8H2,(H,18,19). The first-order valence-electron chi connectivity index (χ1n) is 6.52. The van der Waals surface area contributed by atoms with E-state index < -0.39 is 5.97 Å². The van der Waals surface area contributed by atoms with Gasteiger partial charge in [-0.2, -0.15) is 0 Å². The summed E-state index contributed by atoms with van der Waals surface area (Å²) in [5.41, 5.74) is 0.827. The summed E-state index contributed by atoms with van der Waals surface area (Å²) in [5, 5.41) is 12.0. The van der Waals surface area contributed by atoms with Gasteiger partial charge in [0, 0.05) is 22.9 Å². The van der Waals surface area contributed by atoms with E-state index in [2.05, 4.69) is 4.98 Å². The fourth-order valence-electron chi connectivity index (χ4n) is 2.13. The first kappa shape index (κ1) is 13.6. The van der Waals surface area contributed by atoms with Gasteiger partial charge in [-0.1, -0.05) is 18.2 Å². The molecule has 0 aliphatic rings. The van der Waals surface area contributed by atoms with Gasteiger partial charge < -0.3 is 9.84 Å². The molecule has 0 aliphatic carbocycles. The number of ether oxygens (including phenoxy) is 1. The maximum atomic E-state index is 11.3. The number of aromatic nitrogens is 1. The highest BCUT2D eigenvalue weighted by Gasteiger charge is 2.15. The topological polar surface area (TPSA) is 59.4 Å². The second-order valence-electron chi connectivity index (χ2n) is 4.50. The van der Waals surface area contributed by atoms with Crippen molar-refractivity contribution in [3.63, 3.8) is 0 Å². The molecule has 1 N–H and O–H groups in total. The SMILES string of the molecule is O=C(O)c1cnc2ccccc2c1OCCc1cccs1. The number of aromatic carboxylic acids is 1. The van der Waals surface area contributed by atoms with Crippen molar-refractivity contribution in [2.45, 2.75) is 6.42 Å². The lowest BCUT2D eigenvalue weighted by atomic mass is 10.1. The Bertz CT molecular complexity index is 768. The minimum Gasteiger partial charge on any atom is -0.492 e. The van der Waals surface area contributed by atoms with Crippen molar-refractivity contribution in [2.75, 3.05) is 6.61 Å². The van der Waals surface area contributed by atoms with Crippen LogP contribution in [-0.4, -0.2) is 22.7 Å². The van der Waals surface area contributed by atoms with Crippen molar-refractivity contribution < 1.29 is 14.6 Å². The summed E-state index contributed by atoms with van der Waals surface area (Å²) in [5.74, 6) is -0.635. The molecular weight excluding hydrogens is 286 g/mol. The number of carboxylic acid groups (broad SMARTS) is 1. The summed E-state index contributed by atoms with van der Waals surface area (Å²) in [7, 11) is 0. The van der Waals surface area contributed by atoms with Gasteiger partial charge in [-0.3, -0.25) is 4.98 Å². The summed E-state index contributed by atoms with van der Waals surface area (Å²) in [6.45, 7) is 0.439. The van der Waals surface area contributed by atoms with Gasteiger partial charge in [-0.25, -0.2) is 4.79 Å². The fraction of sp³-hybridized carbons (Fsp3) is 0.125. The van der Waals surface area contributed by atoms with Gasteiger partial charge in [0.1, 0.15) is 11.3 Å². The summed E-state index contributed by atoms with van der Waals surface area (Å²) in [6, 6.07) is 11.4. The van der Waals surface area contributed by atoms with Crippen LogP contribution in [0.1, 0.15) is 15.2 Å². The molecule has 0 saturated heterocycles. The molecule has 0 aliphatic heterocycles. The van der Waals surface area contributed by atoms with Crippen LogP contribution in [0.25, 0.3) is 10.9 Å². The number of nitrogens with zero attached hydrogens (tertiary/aromatic N) is 1. The molecule has 4 nitrogen and oxygen atoms in total. The Morgan fingerprint density at radius 1 is 1.24 bits per heavy atom. The van der Waals surface area contributed by atoms with Crippen LogP contribution in [0.5, 0.6) is 5.75 Å². The molecule has 21 heavy (non-hydrogen) atoms. The van der Waals surface area contributed by atoms with E-state index in [0.717, 1.165) is 17.3 Å². The van der Waals surface area contributed by atoms with Crippen molar-refractivity contribution in [2.24, 2.45) is 0 Å². The van der Waals surface area contributed by atoms with Gasteiger partial charge in [-0.15, -0.1) is 11.3 Å². The number of para-hydroxylation sites is 1. The third-order valence-electron chi connectivity index (χ3n) is 3.13. The molecule has 0 spiro atoms. The lowest BCUT2D eigenvalue weighted by Crippen LogP contribution is -2.07. The minimum atomic E-state index is -1.03. The lowest BCUT2D eigenvalue weighted by molar-refractivity contribution is 0.0692. The zero-order valence-electron chi connectivity index (χ0n) is 11.2. The minimum absolute atomic E-state index is 0.0971. The molecule has 0 saturated carbocycles. The van der Waals surface area contributed by atoms with E-state index >= 15 is 0 Å². The van der Waals surface area contributed by atoms with Gasteiger partial charge in [0.2, 0.25) is 0 Å². The molecule has 1 aromatic carbocycles. The van der Waals surface area contributed by atoms with Crippen molar-refractivity contribution >= 4 is 28.2 Å². The average Bonchev–Trinajstić information content (AvgIpc) is 3.00. The maximum absolute atomic E-state index is 11.3. The predicted octanol–water partition coefficient (Wildman–Crippen LogP) is 3.62. The molecule has 0 unspecified atom stereocenters. The summed E-state index contributed by atoms with van der Waals surface area (Å²) in [6.07, 6.45) is 2.11. The largest absolute Gasteiger partial charge is 0.492 e. The third-order valence-corrected chi connectivity index (χ3v) is 4.07. The average molecular weight is 299 g/mol. The van der Waals surface area contributed by atoms with Gasteiger partial charge in [0.25, 0.3) is 0 Å². The fourth-order valence-corrected chi connectivity index (χ4v) is 2.82. The first-order valence-corrected chi connectivity index (χ1v) is 7.40. The number of carbonyl (C=O) groups is 1. The highest BCUT2D eigenvalue weighted by Crippen LogP contribution is 2.28. The zero-order valence-corrected chi connectivity index (χ0v) is 12.0. The summed E-state index contributed by atoms with van der Waals surface area (Å²) >= 11 is 1.66. The van der Waals surface area contributed by atoms with Crippen LogP contribution in [-0.2, 0) is 6.42 Å². The van der Waals surface area contributed by atoms with E-state index in [0.29, 0.717) is 12.4 Å². The highest BCUT2D eigenvalue weighted by molar-refractivity contribution is 7.09. The third kappa shape index (κ3) is 2.87. The van der Waals surface area contributed by atoms with Crippen LogP contribution in [0.15, 0.2) is 48.0 Å². The van der Waals surface area contributed by atoms with E-state index in [9.17, 15) is 9.90 Å². The number of rotatable bonds is 5. The molecule has 0 bridgehead atoms. The Kier molecular flexibility index (Phi) is 3.83. The van der Waals surface area contributed by atoms with E-state index in [-0.39, 0.29) is 5.56 Å². The van der Waals surface area contributed by atoms with E-state index in [1.54, 1.807) is 11.3 Å². The number of hydrogen-bond donors (Lipinski definition) is 1. The lowest BCUT2D eigenvalue weighted by Gasteiger charge is -2.11. The van der Waals surface area contributed by atoms with Crippen LogP contribution in [0.4, 0.5) is 0 Å². The van der Waals surface area contributed by atoms with Crippen LogP contribution >= 0.6 is 11.3 Å². The van der Waals surface area contributed by atoms with Gasteiger partial charge in [-0.05, 0) is 23.6 Å². The zero-order chi connectivity index (χ0) is 14.7. The monoisotopic (exact) mass is 299 g/mol. The maximum Gasteiger partial charge on any atom is 0.341 e. The molecule has 0 amide bonds. The Labute approximate surface area is 125 Å². The molecular formula is C16H13NO3S. The molecule has 106 valence electrons. The van der Waals surface area contributed by atoms with Crippen LogP contribution in [0, 0.1) is 0 Å². The number of benzene rings is 1. The van der Waals surface area contributed by atoms with Crippen molar-refractivity contribution in [1.82, 2.24) is 4.98 Å². The number of thiophene rings is 1. The van der Waals surface area contributed by atoms with Crippen molar-refractivity contribution in [1.29, 1.82) is 0 Å². The normalized spacial score (nSPS) is 10.7. The van der Waals surface area contributed by atoms with Gasteiger partial charge in [0.15, 0.2) is 0 Å². The number of carboxylic acids is 1. The van der Waals surface area contributed by atoms with Crippen LogP contribution in [0.2, 0.25) is 0 Å². The molecule has 0 atom stereocenters. The number of hydrogen-bond acceptors (Lipinski definition) is 4. The second kappa shape index (κ2) is 5.93. The molecule has 2 heterocycles. The molecule has 3 aromatic rings. The Balaban J connectivity index is 1.90. The Morgan fingerprint density at radius 2 is 2.10 bits per heavy atom. The smallest absolute Gasteiger partial charge is 0.341 e. The molecule has 0 radical (unpaired) electrons. The van der Waals surface area contributed by atoms with Gasteiger partial charge in [0.05, 0.1) is 12.1 Å². The summed E-state index contributed by atoms with van der Waals surface area (Å²) in [4.78, 5) is 16.7. The van der Waals surface area contributed by atoms with Crippen molar-refractivity contribution in [3.8, 4) is 5.75 Å². The van der Waals surface area contributed by atoms with E-state index in [4.69, 9.17) is 4.74 Å². The Morgan fingerprint density at radius 3 is 2.86 bits per heavy atom. The quantitative estimate of drug-likeness (QED) is 0.781.